The largest absolute Gasteiger partial charge is 0.375 e. The molecule has 106 valence electrons. The Labute approximate surface area is 124 Å². The maximum Gasteiger partial charge on any atom is 0.244 e. The number of carbonyl (C=O) groups excluding carboxylic acids is 1. The van der Waals surface area contributed by atoms with Gasteiger partial charge in [0.2, 0.25) is 5.91 Å². The lowest BCUT2D eigenvalue weighted by molar-refractivity contribution is -0.123. The Hall–Kier alpha value is -0.810. The molecule has 1 aromatic carbocycles. The third-order valence-corrected chi connectivity index (χ3v) is 3.53. The Kier molecular flexibility index (Phi) is 6.07. The molecule has 1 saturated heterocycles. The van der Waals surface area contributed by atoms with Gasteiger partial charge in [-0.15, -0.1) is 12.4 Å². The van der Waals surface area contributed by atoms with Gasteiger partial charge in [-0.25, -0.2) is 0 Å². The van der Waals surface area contributed by atoms with E-state index < -0.39 is 0 Å². The molecule has 0 bridgehead atoms. The van der Waals surface area contributed by atoms with Crippen LogP contribution in [0.3, 0.4) is 0 Å². The van der Waals surface area contributed by atoms with Crippen LogP contribution in [0.4, 0.5) is 5.69 Å². The summed E-state index contributed by atoms with van der Waals surface area (Å²) in [5.74, 6) is -0.0902. The molecule has 1 aromatic rings. The summed E-state index contributed by atoms with van der Waals surface area (Å²) >= 11 is 6.02. The molecule has 0 radical (unpaired) electrons. The van der Waals surface area contributed by atoms with Gasteiger partial charge in [0.1, 0.15) is 6.04 Å². The number of anilines is 1. The maximum atomic E-state index is 12.1. The molecule has 1 aliphatic heterocycles. The lowest BCUT2D eigenvalue weighted by Gasteiger charge is -2.29. The zero-order valence-corrected chi connectivity index (χ0v) is 12.5. The number of rotatable bonds is 2. The molecule has 2 atom stereocenters. The molecular formula is C13H18Cl2N2O2. The van der Waals surface area contributed by atoms with Gasteiger partial charge in [-0.1, -0.05) is 17.7 Å². The van der Waals surface area contributed by atoms with Crippen molar-refractivity contribution >= 4 is 35.6 Å². The normalized spacial score (nSPS) is 22.5. The van der Waals surface area contributed by atoms with Crippen molar-refractivity contribution in [1.29, 1.82) is 0 Å². The summed E-state index contributed by atoms with van der Waals surface area (Å²) in [6.45, 7) is 5.10. The Morgan fingerprint density at radius 2 is 2.26 bits per heavy atom. The first-order valence-corrected chi connectivity index (χ1v) is 6.38. The average molecular weight is 305 g/mol. The van der Waals surface area contributed by atoms with Crippen LogP contribution in [0, 0.1) is 6.92 Å². The molecule has 19 heavy (non-hydrogen) atoms. The second kappa shape index (κ2) is 7.10. The number of morpholine rings is 1. The summed E-state index contributed by atoms with van der Waals surface area (Å²) in [6.07, 6.45) is -0.127. The van der Waals surface area contributed by atoms with Crippen molar-refractivity contribution in [1.82, 2.24) is 5.32 Å². The number of nitrogens with one attached hydrogen (secondary N) is 2. The maximum absolute atomic E-state index is 12.1. The highest BCUT2D eigenvalue weighted by Gasteiger charge is 2.28. The van der Waals surface area contributed by atoms with Gasteiger partial charge >= 0.3 is 0 Å². The van der Waals surface area contributed by atoms with E-state index in [1.54, 1.807) is 6.07 Å². The lowest BCUT2D eigenvalue weighted by Crippen LogP contribution is -2.53. The van der Waals surface area contributed by atoms with Gasteiger partial charge in [0.25, 0.3) is 0 Å². The highest BCUT2D eigenvalue weighted by molar-refractivity contribution is 6.31. The fourth-order valence-electron chi connectivity index (χ4n) is 1.98. The quantitative estimate of drug-likeness (QED) is 0.882. The fourth-order valence-corrected chi connectivity index (χ4v) is 2.16. The zero-order chi connectivity index (χ0) is 13.1. The van der Waals surface area contributed by atoms with Gasteiger partial charge < -0.3 is 15.4 Å². The van der Waals surface area contributed by atoms with Crippen LogP contribution in [0.5, 0.6) is 0 Å². The Balaban J connectivity index is 0.00000180. The van der Waals surface area contributed by atoms with Crippen LogP contribution in [-0.2, 0) is 9.53 Å². The molecule has 2 N–H and O–H groups in total. The van der Waals surface area contributed by atoms with Crippen LogP contribution >= 0.6 is 24.0 Å². The number of ether oxygens (including phenoxy) is 1. The van der Waals surface area contributed by atoms with E-state index in [-0.39, 0.29) is 30.5 Å². The first-order chi connectivity index (χ1) is 8.59. The molecule has 1 aliphatic rings. The van der Waals surface area contributed by atoms with Gasteiger partial charge in [-0.2, -0.15) is 0 Å². The summed E-state index contributed by atoms with van der Waals surface area (Å²) in [5, 5.41) is 6.69. The monoisotopic (exact) mass is 304 g/mol. The number of hydrogen-bond acceptors (Lipinski definition) is 3. The van der Waals surface area contributed by atoms with Gasteiger partial charge in [-0.3, -0.25) is 4.79 Å². The molecule has 4 nitrogen and oxygen atoms in total. The molecule has 0 aliphatic carbocycles. The van der Waals surface area contributed by atoms with Crippen molar-refractivity contribution in [2.24, 2.45) is 0 Å². The third kappa shape index (κ3) is 3.83. The van der Waals surface area contributed by atoms with Crippen LogP contribution in [0.15, 0.2) is 18.2 Å². The molecular weight excluding hydrogens is 287 g/mol. The molecule has 0 aromatic heterocycles. The van der Waals surface area contributed by atoms with Crippen molar-refractivity contribution < 1.29 is 9.53 Å². The predicted octanol–water partition coefficient (Wildman–Crippen LogP) is 2.39. The third-order valence-electron chi connectivity index (χ3n) is 3.12. The molecule has 2 rings (SSSR count). The number of hydrogen-bond donors (Lipinski definition) is 2. The van der Waals surface area contributed by atoms with Crippen LogP contribution < -0.4 is 10.6 Å². The standard InChI is InChI=1S/C13H17ClN2O2.ClH/c1-8-10(14)4-3-5-11(8)16-13(17)12-9(2)18-7-6-15-12;/h3-5,9,12,15H,6-7H2,1-2H3,(H,16,17);1H/t9-,12+;/m1./s1. The van der Waals surface area contributed by atoms with E-state index in [0.29, 0.717) is 18.2 Å². The van der Waals surface area contributed by atoms with Crippen molar-refractivity contribution in [3.05, 3.63) is 28.8 Å². The molecule has 0 spiro atoms. The minimum atomic E-state index is -0.322. The summed E-state index contributed by atoms with van der Waals surface area (Å²) < 4.78 is 5.45. The van der Waals surface area contributed by atoms with Gasteiger partial charge in [0.05, 0.1) is 12.7 Å². The molecule has 1 amide bonds. The number of halogens is 2. The van der Waals surface area contributed by atoms with Crippen LogP contribution in [0.25, 0.3) is 0 Å². The van der Waals surface area contributed by atoms with Crippen molar-refractivity contribution in [3.63, 3.8) is 0 Å². The topological polar surface area (TPSA) is 50.4 Å². The first kappa shape index (κ1) is 16.2. The summed E-state index contributed by atoms with van der Waals surface area (Å²) in [5.41, 5.74) is 1.61. The summed E-state index contributed by atoms with van der Waals surface area (Å²) in [4.78, 5) is 12.1. The van der Waals surface area contributed by atoms with Crippen LogP contribution in [0.1, 0.15) is 12.5 Å². The minimum absolute atomic E-state index is 0. The number of carbonyl (C=O) groups is 1. The van der Waals surface area contributed by atoms with Gasteiger partial charge in [-0.05, 0) is 31.5 Å². The van der Waals surface area contributed by atoms with E-state index >= 15 is 0 Å². The average Bonchev–Trinajstić information content (AvgIpc) is 2.35. The van der Waals surface area contributed by atoms with Crippen LogP contribution in [-0.4, -0.2) is 31.2 Å². The highest BCUT2D eigenvalue weighted by Crippen LogP contribution is 2.23. The second-order valence-electron chi connectivity index (χ2n) is 4.41. The number of amides is 1. The van der Waals surface area contributed by atoms with Crippen LogP contribution in [0.2, 0.25) is 5.02 Å². The van der Waals surface area contributed by atoms with Crippen molar-refractivity contribution in [2.45, 2.75) is 26.0 Å². The Morgan fingerprint density at radius 1 is 1.53 bits per heavy atom. The van der Waals surface area contributed by atoms with Crippen molar-refractivity contribution in [2.75, 3.05) is 18.5 Å². The van der Waals surface area contributed by atoms with E-state index in [1.165, 1.54) is 0 Å². The summed E-state index contributed by atoms with van der Waals surface area (Å²) in [6, 6.07) is 5.14. The Morgan fingerprint density at radius 3 is 2.95 bits per heavy atom. The molecule has 6 heteroatoms. The SMILES string of the molecule is Cc1c(Cl)cccc1NC(=O)[C@H]1NCCO[C@@H]1C.Cl. The Bertz CT molecular complexity index is 454. The fraction of sp³-hybridized carbons (Fsp3) is 0.462. The molecule has 0 unspecified atom stereocenters. The van der Waals surface area contributed by atoms with E-state index in [2.05, 4.69) is 10.6 Å². The van der Waals surface area contributed by atoms with E-state index in [9.17, 15) is 4.79 Å². The minimum Gasteiger partial charge on any atom is -0.375 e. The second-order valence-corrected chi connectivity index (χ2v) is 4.82. The number of benzene rings is 1. The highest BCUT2D eigenvalue weighted by atomic mass is 35.5. The molecule has 1 fully saturated rings. The lowest BCUT2D eigenvalue weighted by atomic mass is 10.1. The molecule has 1 heterocycles. The molecule has 0 saturated carbocycles. The van der Waals surface area contributed by atoms with Gasteiger partial charge in [0, 0.05) is 17.3 Å². The van der Waals surface area contributed by atoms with Gasteiger partial charge in [0.15, 0.2) is 0 Å². The first-order valence-electron chi connectivity index (χ1n) is 6.00. The van der Waals surface area contributed by atoms with E-state index in [1.807, 2.05) is 26.0 Å². The van der Waals surface area contributed by atoms with E-state index in [0.717, 1.165) is 11.3 Å². The summed E-state index contributed by atoms with van der Waals surface area (Å²) in [7, 11) is 0. The predicted molar refractivity (Wildman–Crippen MR) is 79.3 cm³/mol. The zero-order valence-electron chi connectivity index (χ0n) is 10.9. The van der Waals surface area contributed by atoms with Crippen molar-refractivity contribution in [3.8, 4) is 0 Å². The van der Waals surface area contributed by atoms with E-state index in [4.69, 9.17) is 16.3 Å². The smallest absolute Gasteiger partial charge is 0.244 e.